The second kappa shape index (κ2) is 6.26. The summed E-state index contributed by atoms with van der Waals surface area (Å²) >= 11 is 17.7. The second-order valence-corrected chi connectivity index (χ2v) is 5.06. The number of nitrogens with one attached hydrogen (secondary N) is 1. The fourth-order valence-corrected chi connectivity index (χ4v) is 2.04. The maximum Gasteiger partial charge on any atom is 0.287 e. The summed E-state index contributed by atoms with van der Waals surface area (Å²) < 4.78 is 1.13. The largest absolute Gasteiger partial charge is 0.287 e. The zero-order valence-electron chi connectivity index (χ0n) is 10.3. The van der Waals surface area contributed by atoms with Crippen molar-refractivity contribution in [1.82, 2.24) is 9.78 Å². The maximum atomic E-state index is 11.6. The predicted octanol–water partition coefficient (Wildman–Crippen LogP) is 3.19. The zero-order valence-corrected chi connectivity index (χ0v) is 12.5. The Kier molecular flexibility index (Phi) is 4.65. The van der Waals surface area contributed by atoms with Gasteiger partial charge < -0.3 is 0 Å². The summed E-state index contributed by atoms with van der Waals surface area (Å²) in [5.74, 6) is 0. The van der Waals surface area contributed by atoms with Crippen molar-refractivity contribution in [3.8, 4) is 0 Å². The Morgan fingerprint density at radius 3 is 2.80 bits per heavy atom. The van der Waals surface area contributed by atoms with Gasteiger partial charge in [-0.2, -0.15) is 10.2 Å². The number of nitrogens with zero attached hydrogens (tertiary/aromatic N) is 3. The molecule has 0 aliphatic rings. The summed E-state index contributed by atoms with van der Waals surface area (Å²) in [5.41, 5.74) is 3.23. The number of hydrogen-bond donors (Lipinski definition) is 1. The Morgan fingerprint density at radius 1 is 1.35 bits per heavy atom. The summed E-state index contributed by atoms with van der Waals surface area (Å²) in [4.78, 5) is 11.6. The van der Waals surface area contributed by atoms with Gasteiger partial charge in [0.2, 0.25) is 0 Å². The molecule has 2 rings (SSSR count). The van der Waals surface area contributed by atoms with Crippen molar-refractivity contribution in [2.45, 2.75) is 0 Å². The molecule has 2 aromatic rings. The van der Waals surface area contributed by atoms with E-state index in [1.54, 1.807) is 18.2 Å². The molecule has 0 aliphatic carbocycles. The minimum absolute atomic E-state index is 0.0156. The van der Waals surface area contributed by atoms with Crippen molar-refractivity contribution in [3.05, 3.63) is 55.4 Å². The summed E-state index contributed by atoms with van der Waals surface area (Å²) in [6.45, 7) is 0. The molecule has 5 nitrogen and oxygen atoms in total. The maximum absolute atomic E-state index is 11.6. The molecular weight excluding hydrogens is 323 g/mol. The van der Waals surface area contributed by atoms with Gasteiger partial charge in [-0.05, 0) is 12.1 Å². The summed E-state index contributed by atoms with van der Waals surface area (Å²) in [6, 6.07) is 5.03. The van der Waals surface area contributed by atoms with Gasteiger partial charge in [-0.15, -0.1) is 0 Å². The number of aryl methyl sites for hydroxylation is 1. The van der Waals surface area contributed by atoms with Crippen LogP contribution in [0.3, 0.4) is 0 Å². The third kappa shape index (κ3) is 3.30. The van der Waals surface area contributed by atoms with Crippen LogP contribution >= 0.6 is 34.8 Å². The molecule has 0 radical (unpaired) electrons. The quantitative estimate of drug-likeness (QED) is 0.694. The summed E-state index contributed by atoms with van der Waals surface area (Å²) in [7, 11) is 1.51. The highest BCUT2D eigenvalue weighted by Crippen LogP contribution is 2.20. The molecule has 0 saturated carbocycles. The van der Waals surface area contributed by atoms with Crippen molar-refractivity contribution >= 4 is 46.7 Å². The van der Waals surface area contributed by atoms with Gasteiger partial charge in [0.1, 0.15) is 10.7 Å². The number of aromatic nitrogens is 2. The fourth-order valence-electron chi connectivity index (χ4n) is 1.37. The average Bonchev–Trinajstić information content (AvgIpc) is 2.41. The van der Waals surface area contributed by atoms with E-state index in [0.717, 1.165) is 4.68 Å². The lowest BCUT2D eigenvalue weighted by Crippen LogP contribution is -2.20. The smallest absolute Gasteiger partial charge is 0.275 e. The number of hydrazone groups is 1. The molecule has 0 spiro atoms. The second-order valence-electron chi connectivity index (χ2n) is 3.84. The molecule has 1 aromatic heterocycles. The molecule has 0 fully saturated rings. The van der Waals surface area contributed by atoms with Crippen LogP contribution in [0.25, 0.3) is 0 Å². The van der Waals surface area contributed by atoms with E-state index in [0.29, 0.717) is 21.3 Å². The molecule has 0 atom stereocenters. The van der Waals surface area contributed by atoms with Gasteiger partial charge in [-0.25, -0.2) is 4.68 Å². The molecular formula is C12H9Cl3N4O. The van der Waals surface area contributed by atoms with Crippen LogP contribution in [0.5, 0.6) is 0 Å². The number of anilines is 1. The third-order valence-corrected chi connectivity index (χ3v) is 3.36. The van der Waals surface area contributed by atoms with Crippen LogP contribution < -0.4 is 11.0 Å². The van der Waals surface area contributed by atoms with Crippen molar-refractivity contribution < 1.29 is 0 Å². The lowest BCUT2D eigenvalue weighted by molar-refractivity contribution is 0.708. The number of hydrogen-bond acceptors (Lipinski definition) is 4. The number of halogens is 3. The first-order valence-corrected chi connectivity index (χ1v) is 6.58. The first-order valence-electron chi connectivity index (χ1n) is 5.45. The van der Waals surface area contributed by atoms with E-state index in [1.165, 1.54) is 19.5 Å². The molecule has 1 heterocycles. The standard InChI is InChI=1S/C12H9Cl3N4O/c1-19-12(20)11(15)10(6-17-19)18-16-5-7-2-3-8(13)4-9(7)14/h2-6,18H,1H3/b16-5-. The molecule has 0 amide bonds. The topological polar surface area (TPSA) is 59.3 Å². The highest BCUT2D eigenvalue weighted by molar-refractivity contribution is 6.36. The summed E-state index contributed by atoms with van der Waals surface area (Å²) in [6.07, 6.45) is 2.90. The Balaban J connectivity index is 2.18. The normalized spacial score (nSPS) is 11.0. The van der Waals surface area contributed by atoms with E-state index in [9.17, 15) is 4.79 Å². The SMILES string of the molecule is Cn1ncc(N/N=C\c2ccc(Cl)cc2Cl)c(Cl)c1=O. The van der Waals surface area contributed by atoms with Gasteiger partial charge in [0.05, 0.1) is 17.4 Å². The van der Waals surface area contributed by atoms with E-state index >= 15 is 0 Å². The van der Waals surface area contributed by atoms with E-state index in [-0.39, 0.29) is 5.02 Å². The molecule has 104 valence electrons. The van der Waals surface area contributed by atoms with Crippen LogP contribution in [0.1, 0.15) is 5.56 Å². The zero-order chi connectivity index (χ0) is 14.7. The van der Waals surface area contributed by atoms with Crippen LogP contribution in [-0.4, -0.2) is 16.0 Å². The van der Waals surface area contributed by atoms with Crippen LogP contribution in [0.4, 0.5) is 5.69 Å². The molecule has 1 N–H and O–H groups in total. The predicted molar refractivity (Wildman–Crippen MR) is 82.2 cm³/mol. The van der Waals surface area contributed by atoms with Crippen molar-refractivity contribution in [1.29, 1.82) is 0 Å². The van der Waals surface area contributed by atoms with Gasteiger partial charge in [-0.1, -0.05) is 40.9 Å². The van der Waals surface area contributed by atoms with Crippen molar-refractivity contribution in [3.63, 3.8) is 0 Å². The van der Waals surface area contributed by atoms with Crippen LogP contribution in [0.15, 0.2) is 34.3 Å². The summed E-state index contributed by atoms with van der Waals surface area (Å²) in [5, 5.41) is 8.82. The Morgan fingerprint density at radius 2 is 2.10 bits per heavy atom. The average molecular weight is 332 g/mol. The Hall–Kier alpha value is -1.56. The fraction of sp³-hybridized carbons (Fsp3) is 0.0833. The van der Waals surface area contributed by atoms with Crippen molar-refractivity contribution in [2.24, 2.45) is 12.1 Å². The number of benzene rings is 1. The molecule has 0 saturated heterocycles. The Bertz CT molecular complexity index is 727. The molecule has 1 aromatic carbocycles. The molecule has 8 heteroatoms. The molecule has 0 unspecified atom stereocenters. The number of rotatable bonds is 3. The lowest BCUT2D eigenvalue weighted by Gasteiger charge is -2.04. The van der Waals surface area contributed by atoms with Gasteiger partial charge >= 0.3 is 0 Å². The first kappa shape index (κ1) is 14.8. The van der Waals surface area contributed by atoms with Gasteiger partial charge in [0.25, 0.3) is 5.56 Å². The lowest BCUT2D eigenvalue weighted by atomic mass is 10.2. The van der Waals surface area contributed by atoms with E-state index in [1.807, 2.05) is 0 Å². The van der Waals surface area contributed by atoms with E-state index < -0.39 is 5.56 Å². The van der Waals surface area contributed by atoms with Crippen LogP contribution in [0.2, 0.25) is 15.1 Å². The van der Waals surface area contributed by atoms with E-state index in [4.69, 9.17) is 34.8 Å². The molecule has 20 heavy (non-hydrogen) atoms. The molecule has 0 aliphatic heterocycles. The van der Waals surface area contributed by atoms with Crippen LogP contribution in [0, 0.1) is 0 Å². The van der Waals surface area contributed by atoms with Gasteiger partial charge in [0.15, 0.2) is 0 Å². The monoisotopic (exact) mass is 330 g/mol. The van der Waals surface area contributed by atoms with E-state index in [2.05, 4.69) is 15.6 Å². The molecule has 0 bridgehead atoms. The van der Waals surface area contributed by atoms with Crippen LogP contribution in [-0.2, 0) is 7.05 Å². The third-order valence-electron chi connectivity index (χ3n) is 2.43. The Labute approximate surface area is 129 Å². The van der Waals surface area contributed by atoms with Crippen molar-refractivity contribution in [2.75, 3.05) is 5.43 Å². The van der Waals surface area contributed by atoms with Gasteiger partial charge in [0, 0.05) is 17.6 Å². The highest BCUT2D eigenvalue weighted by Gasteiger charge is 2.06. The first-order chi connectivity index (χ1) is 9.49. The van der Waals surface area contributed by atoms with Gasteiger partial charge in [-0.3, -0.25) is 10.2 Å². The highest BCUT2D eigenvalue weighted by atomic mass is 35.5. The minimum atomic E-state index is -0.406. The minimum Gasteiger partial charge on any atom is -0.275 e.